The third kappa shape index (κ3) is 4.65. The van der Waals surface area contributed by atoms with Gasteiger partial charge in [-0.25, -0.2) is 0 Å². The van der Waals surface area contributed by atoms with Crippen molar-refractivity contribution in [3.63, 3.8) is 0 Å². The molecular weight excluding hydrogens is 276 g/mol. The maximum absolute atomic E-state index is 4.60. The van der Waals surface area contributed by atoms with Gasteiger partial charge in [-0.05, 0) is 30.5 Å². The lowest BCUT2D eigenvalue weighted by Crippen LogP contribution is -2.25. The van der Waals surface area contributed by atoms with E-state index in [1.54, 1.807) is 6.20 Å². The van der Waals surface area contributed by atoms with Crippen LogP contribution in [0.25, 0.3) is 0 Å². The van der Waals surface area contributed by atoms with Gasteiger partial charge in [-0.15, -0.1) is 5.10 Å². The molecule has 2 aromatic rings. The van der Waals surface area contributed by atoms with Gasteiger partial charge >= 0.3 is 0 Å². The number of hydrogen-bond donors (Lipinski definition) is 0. The molecular formula is C16H24N6. The van der Waals surface area contributed by atoms with E-state index in [0.717, 1.165) is 31.7 Å². The van der Waals surface area contributed by atoms with E-state index in [9.17, 15) is 0 Å². The highest BCUT2D eigenvalue weighted by atomic mass is 15.3. The van der Waals surface area contributed by atoms with Gasteiger partial charge in [0, 0.05) is 39.6 Å². The zero-order valence-electron chi connectivity index (χ0n) is 13.6. The maximum Gasteiger partial charge on any atom is 0.247 e. The van der Waals surface area contributed by atoms with Crippen LogP contribution in [0.15, 0.2) is 30.7 Å². The van der Waals surface area contributed by atoms with Gasteiger partial charge in [0.2, 0.25) is 5.95 Å². The largest absolute Gasteiger partial charge is 0.358 e. The Bertz CT molecular complexity index is 560. The molecule has 2 aromatic heterocycles. The molecule has 0 radical (unpaired) electrons. The van der Waals surface area contributed by atoms with Crippen molar-refractivity contribution in [2.24, 2.45) is 0 Å². The number of aromatic nitrogens is 4. The molecule has 0 aromatic carbocycles. The smallest absolute Gasteiger partial charge is 0.247 e. The number of likely N-dealkylation sites (N-methyl/N-ethyl adjacent to an activating group) is 1. The van der Waals surface area contributed by atoms with Crippen LogP contribution in [0.1, 0.15) is 25.3 Å². The second-order valence-corrected chi connectivity index (χ2v) is 5.42. The van der Waals surface area contributed by atoms with Crippen molar-refractivity contribution in [1.29, 1.82) is 0 Å². The van der Waals surface area contributed by atoms with Crippen LogP contribution in [-0.4, -0.2) is 47.4 Å². The lowest BCUT2D eigenvalue weighted by molar-refractivity contribution is 0.746. The zero-order chi connectivity index (χ0) is 15.8. The monoisotopic (exact) mass is 300 g/mol. The topological polar surface area (TPSA) is 58.0 Å². The summed E-state index contributed by atoms with van der Waals surface area (Å²) in [4.78, 5) is 12.8. The fourth-order valence-electron chi connectivity index (χ4n) is 2.09. The Morgan fingerprint density at radius 3 is 2.55 bits per heavy atom. The van der Waals surface area contributed by atoms with Crippen molar-refractivity contribution in [2.45, 2.75) is 26.2 Å². The minimum atomic E-state index is 0.662. The van der Waals surface area contributed by atoms with Gasteiger partial charge in [-0.1, -0.05) is 13.3 Å². The Labute approximate surface area is 132 Å². The fourth-order valence-corrected chi connectivity index (χ4v) is 2.09. The van der Waals surface area contributed by atoms with Gasteiger partial charge in [-0.2, -0.15) is 10.1 Å². The quantitative estimate of drug-likeness (QED) is 0.745. The van der Waals surface area contributed by atoms with Crippen molar-refractivity contribution >= 4 is 11.8 Å². The van der Waals surface area contributed by atoms with Crippen LogP contribution in [0.4, 0.5) is 11.8 Å². The molecule has 0 atom stereocenters. The average molecular weight is 300 g/mol. The van der Waals surface area contributed by atoms with Gasteiger partial charge in [-0.3, -0.25) is 4.98 Å². The fraction of sp³-hybridized carbons (Fsp3) is 0.500. The predicted molar refractivity (Wildman–Crippen MR) is 89.2 cm³/mol. The van der Waals surface area contributed by atoms with Crippen molar-refractivity contribution in [3.8, 4) is 0 Å². The van der Waals surface area contributed by atoms with Crippen LogP contribution in [0.5, 0.6) is 0 Å². The highest BCUT2D eigenvalue weighted by Gasteiger charge is 2.09. The van der Waals surface area contributed by atoms with Crippen molar-refractivity contribution in [1.82, 2.24) is 20.2 Å². The van der Waals surface area contributed by atoms with E-state index >= 15 is 0 Å². The Hall–Kier alpha value is -2.24. The lowest BCUT2D eigenvalue weighted by Gasteiger charge is -2.20. The van der Waals surface area contributed by atoms with Gasteiger partial charge in [0.15, 0.2) is 5.82 Å². The Kier molecular flexibility index (Phi) is 6.06. The summed E-state index contributed by atoms with van der Waals surface area (Å²) in [6.07, 6.45) is 8.59. The molecule has 0 unspecified atom stereocenters. The highest BCUT2D eigenvalue weighted by molar-refractivity contribution is 5.40. The summed E-state index contributed by atoms with van der Waals surface area (Å²) in [6, 6.07) is 4.06. The Balaban J connectivity index is 1.96. The van der Waals surface area contributed by atoms with Crippen LogP contribution >= 0.6 is 0 Å². The van der Waals surface area contributed by atoms with Crippen molar-refractivity contribution < 1.29 is 0 Å². The maximum atomic E-state index is 4.60. The molecule has 0 aliphatic rings. The van der Waals surface area contributed by atoms with E-state index in [-0.39, 0.29) is 0 Å². The first kappa shape index (κ1) is 16.1. The normalized spacial score (nSPS) is 10.5. The molecule has 0 bridgehead atoms. The number of unbranched alkanes of at least 4 members (excludes halogenated alkanes) is 1. The number of hydrogen-bond acceptors (Lipinski definition) is 6. The summed E-state index contributed by atoms with van der Waals surface area (Å²) < 4.78 is 0. The molecule has 0 fully saturated rings. The standard InChI is InChI=1S/C16H24N6/c1-4-5-11-21(2)15-13-18-20-16(19-15)22(3)12-8-14-6-9-17-10-7-14/h6-7,9-10,13H,4-5,8,11-12H2,1-3H3. The summed E-state index contributed by atoms with van der Waals surface area (Å²) in [5.41, 5.74) is 1.26. The second kappa shape index (κ2) is 8.26. The summed E-state index contributed by atoms with van der Waals surface area (Å²) in [5.74, 6) is 1.53. The zero-order valence-corrected chi connectivity index (χ0v) is 13.6. The Morgan fingerprint density at radius 2 is 1.82 bits per heavy atom. The van der Waals surface area contributed by atoms with Crippen LogP contribution in [-0.2, 0) is 6.42 Å². The molecule has 0 saturated carbocycles. The highest BCUT2D eigenvalue weighted by Crippen LogP contribution is 2.12. The number of anilines is 2. The third-order valence-corrected chi connectivity index (χ3v) is 3.60. The number of rotatable bonds is 8. The molecule has 22 heavy (non-hydrogen) atoms. The molecule has 0 amide bonds. The van der Waals surface area contributed by atoms with E-state index in [4.69, 9.17) is 0 Å². The van der Waals surface area contributed by atoms with Crippen molar-refractivity contribution in [2.75, 3.05) is 37.0 Å². The molecule has 2 rings (SSSR count). The van der Waals surface area contributed by atoms with Crippen LogP contribution in [0, 0.1) is 0 Å². The number of pyridine rings is 1. The van der Waals surface area contributed by atoms with Crippen LogP contribution < -0.4 is 9.80 Å². The minimum absolute atomic E-state index is 0.662. The molecule has 0 spiro atoms. The summed E-state index contributed by atoms with van der Waals surface area (Å²) >= 11 is 0. The third-order valence-electron chi connectivity index (χ3n) is 3.60. The lowest BCUT2D eigenvalue weighted by atomic mass is 10.2. The molecule has 0 aliphatic carbocycles. The molecule has 0 saturated heterocycles. The first-order chi connectivity index (χ1) is 10.7. The van der Waals surface area contributed by atoms with E-state index < -0.39 is 0 Å². The van der Waals surface area contributed by atoms with Gasteiger partial charge < -0.3 is 9.80 Å². The first-order valence-corrected chi connectivity index (χ1v) is 7.71. The van der Waals surface area contributed by atoms with E-state index in [0.29, 0.717) is 5.95 Å². The average Bonchev–Trinajstić information content (AvgIpc) is 2.58. The SMILES string of the molecule is CCCCN(C)c1cnnc(N(C)CCc2ccncc2)n1. The summed E-state index contributed by atoms with van der Waals surface area (Å²) in [6.45, 7) is 4.01. The molecule has 0 N–H and O–H groups in total. The molecule has 0 aliphatic heterocycles. The minimum Gasteiger partial charge on any atom is -0.358 e. The van der Waals surface area contributed by atoms with Gasteiger partial charge in [0.25, 0.3) is 0 Å². The van der Waals surface area contributed by atoms with Crippen LogP contribution in [0.3, 0.4) is 0 Å². The molecule has 6 nitrogen and oxygen atoms in total. The summed E-state index contributed by atoms with van der Waals surface area (Å²) in [5, 5.41) is 8.22. The van der Waals surface area contributed by atoms with E-state index in [1.807, 2.05) is 43.5 Å². The summed E-state index contributed by atoms with van der Waals surface area (Å²) in [7, 11) is 4.04. The first-order valence-electron chi connectivity index (χ1n) is 7.71. The van der Waals surface area contributed by atoms with E-state index in [1.165, 1.54) is 12.0 Å². The Morgan fingerprint density at radius 1 is 1.05 bits per heavy atom. The predicted octanol–water partition coefficient (Wildman–Crippen LogP) is 2.18. The van der Waals surface area contributed by atoms with Crippen molar-refractivity contribution in [3.05, 3.63) is 36.3 Å². The number of nitrogens with zero attached hydrogens (tertiary/aromatic N) is 6. The second-order valence-electron chi connectivity index (χ2n) is 5.42. The van der Waals surface area contributed by atoms with Gasteiger partial charge in [0.05, 0.1) is 6.20 Å². The van der Waals surface area contributed by atoms with Crippen LogP contribution in [0.2, 0.25) is 0 Å². The van der Waals surface area contributed by atoms with Gasteiger partial charge in [0.1, 0.15) is 0 Å². The molecule has 2 heterocycles. The molecule has 118 valence electrons. The molecule has 6 heteroatoms. The van der Waals surface area contributed by atoms with E-state index in [2.05, 4.69) is 32.0 Å².